The zero-order valence-electron chi connectivity index (χ0n) is 11.5. The van der Waals surface area contributed by atoms with Gasteiger partial charge in [0.1, 0.15) is 11.6 Å². The quantitative estimate of drug-likeness (QED) is 0.667. The lowest BCUT2D eigenvalue weighted by Crippen LogP contribution is -2.30. The maximum absolute atomic E-state index is 13.7. The Morgan fingerprint density at radius 1 is 1.20 bits per heavy atom. The summed E-state index contributed by atoms with van der Waals surface area (Å²) in [6.45, 7) is 3.79. The SMILES string of the molecule is Cc1ccc(C(Cc2ccc(F)cc2F)NN)c(C)n1. The highest BCUT2D eigenvalue weighted by atomic mass is 19.1. The standard InChI is InChI=1S/C15H17F2N3/c1-9-3-6-13(10(2)19-9)15(20-18)7-11-4-5-12(16)8-14(11)17/h3-6,8,15,20H,7,18H2,1-2H3. The molecule has 1 aromatic carbocycles. The molecule has 0 radical (unpaired) electrons. The summed E-state index contributed by atoms with van der Waals surface area (Å²) in [6, 6.07) is 7.08. The van der Waals surface area contributed by atoms with Crippen LogP contribution in [0.4, 0.5) is 8.78 Å². The fourth-order valence-corrected chi connectivity index (χ4v) is 2.23. The minimum absolute atomic E-state index is 0.275. The van der Waals surface area contributed by atoms with Crippen molar-refractivity contribution in [2.75, 3.05) is 0 Å². The molecule has 0 fully saturated rings. The Kier molecular flexibility index (Phi) is 4.42. The van der Waals surface area contributed by atoms with E-state index in [1.807, 2.05) is 26.0 Å². The molecule has 0 aliphatic heterocycles. The normalized spacial score (nSPS) is 12.4. The van der Waals surface area contributed by atoms with Crippen molar-refractivity contribution in [1.29, 1.82) is 0 Å². The van der Waals surface area contributed by atoms with E-state index in [2.05, 4.69) is 10.4 Å². The number of hydrogen-bond donors (Lipinski definition) is 2. The molecule has 3 N–H and O–H groups in total. The number of aryl methyl sites for hydroxylation is 2. The summed E-state index contributed by atoms with van der Waals surface area (Å²) >= 11 is 0. The molecule has 0 spiro atoms. The molecule has 0 amide bonds. The predicted octanol–water partition coefficient (Wildman–Crippen LogP) is 2.72. The first-order valence-electron chi connectivity index (χ1n) is 6.35. The van der Waals surface area contributed by atoms with Crippen LogP contribution >= 0.6 is 0 Å². The molecule has 0 aliphatic rings. The van der Waals surface area contributed by atoms with Crippen LogP contribution in [0.15, 0.2) is 30.3 Å². The van der Waals surface area contributed by atoms with Crippen molar-refractivity contribution in [3.8, 4) is 0 Å². The van der Waals surface area contributed by atoms with Crippen molar-refractivity contribution in [2.24, 2.45) is 5.84 Å². The smallest absolute Gasteiger partial charge is 0.129 e. The summed E-state index contributed by atoms with van der Waals surface area (Å²) in [7, 11) is 0. The fourth-order valence-electron chi connectivity index (χ4n) is 2.23. The van der Waals surface area contributed by atoms with E-state index in [-0.39, 0.29) is 6.04 Å². The first-order chi connectivity index (χ1) is 9.51. The number of nitrogens with two attached hydrogens (primary N) is 1. The van der Waals surface area contributed by atoms with Gasteiger partial charge in [-0.15, -0.1) is 0 Å². The molecule has 0 saturated carbocycles. The Hall–Kier alpha value is -1.85. The van der Waals surface area contributed by atoms with Gasteiger partial charge in [0.2, 0.25) is 0 Å². The van der Waals surface area contributed by atoms with Crippen molar-refractivity contribution in [2.45, 2.75) is 26.3 Å². The molecular weight excluding hydrogens is 260 g/mol. The molecule has 1 unspecified atom stereocenters. The largest absolute Gasteiger partial charge is 0.271 e. The maximum Gasteiger partial charge on any atom is 0.129 e. The Bertz CT molecular complexity index is 614. The number of benzene rings is 1. The topological polar surface area (TPSA) is 50.9 Å². The maximum atomic E-state index is 13.7. The third-order valence-electron chi connectivity index (χ3n) is 3.28. The van der Waals surface area contributed by atoms with E-state index < -0.39 is 11.6 Å². The first kappa shape index (κ1) is 14.6. The van der Waals surface area contributed by atoms with Gasteiger partial charge in [0.05, 0.1) is 6.04 Å². The molecule has 1 atom stereocenters. The summed E-state index contributed by atoms with van der Waals surface area (Å²) in [5, 5.41) is 0. The minimum atomic E-state index is -0.586. The predicted molar refractivity (Wildman–Crippen MR) is 73.8 cm³/mol. The highest BCUT2D eigenvalue weighted by molar-refractivity contribution is 5.28. The minimum Gasteiger partial charge on any atom is -0.271 e. The number of pyridine rings is 1. The van der Waals surface area contributed by atoms with E-state index in [0.29, 0.717) is 12.0 Å². The van der Waals surface area contributed by atoms with Gasteiger partial charge in [0.15, 0.2) is 0 Å². The van der Waals surface area contributed by atoms with E-state index in [0.717, 1.165) is 23.0 Å². The molecule has 5 heteroatoms. The number of hydrogen-bond acceptors (Lipinski definition) is 3. The highest BCUT2D eigenvalue weighted by Crippen LogP contribution is 2.22. The van der Waals surface area contributed by atoms with Crippen LogP contribution in [0.2, 0.25) is 0 Å². The van der Waals surface area contributed by atoms with Crippen LogP contribution in [-0.4, -0.2) is 4.98 Å². The van der Waals surface area contributed by atoms with Crippen LogP contribution in [0, 0.1) is 25.5 Å². The lowest BCUT2D eigenvalue weighted by Gasteiger charge is -2.18. The van der Waals surface area contributed by atoms with Gasteiger partial charge in [-0.05, 0) is 43.5 Å². The summed E-state index contributed by atoms with van der Waals surface area (Å²) in [5.74, 6) is 4.41. The van der Waals surface area contributed by atoms with E-state index in [1.165, 1.54) is 12.1 Å². The molecule has 1 aromatic heterocycles. The summed E-state index contributed by atoms with van der Waals surface area (Å²) in [4.78, 5) is 4.37. The summed E-state index contributed by atoms with van der Waals surface area (Å²) < 4.78 is 26.6. The molecule has 2 rings (SSSR count). The Labute approximate surface area is 116 Å². The van der Waals surface area contributed by atoms with Crippen molar-refractivity contribution in [3.05, 3.63) is 64.5 Å². The van der Waals surface area contributed by atoms with Crippen LogP contribution in [0.1, 0.15) is 28.6 Å². The molecule has 0 aliphatic carbocycles. The third kappa shape index (κ3) is 3.18. The first-order valence-corrected chi connectivity index (χ1v) is 6.35. The van der Waals surface area contributed by atoms with E-state index in [1.54, 1.807) is 0 Å². The Balaban J connectivity index is 2.28. The van der Waals surface area contributed by atoms with Crippen molar-refractivity contribution in [3.63, 3.8) is 0 Å². The van der Waals surface area contributed by atoms with Gasteiger partial charge in [0.25, 0.3) is 0 Å². The number of aromatic nitrogens is 1. The van der Waals surface area contributed by atoms with E-state index >= 15 is 0 Å². The van der Waals surface area contributed by atoms with Crippen LogP contribution < -0.4 is 11.3 Å². The van der Waals surface area contributed by atoms with Gasteiger partial charge in [-0.3, -0.25) is 16.3 Å². The van der Waals surface area contributed by atoms with Gasteiger partial charge >= 0.3 is 0 Å². The third-order valence-corrected chi connectivity index (χ3v) is 3.28. The molecule has 1 heterocycles. The summed E-state index contributed by atoms with van der Waals surface area (Å²) in [5.41, 5.74) is 5.74. The number of rotatable bonds is 4. The lowest BCUT2D eigenvalue weighted by molar-refractivity contribution is 0.518. The molecule has 2 aromatic rings. The number of hydrazine groups is 1. The van der Waals surface area contributed by atoms with Crippen LogP contribution in [0.25, 0.3) is 0 Å². The van der Waals surface area contributed by atoms with Crippen LogP contribution in [0.3, 0.4) is 0 Å². The highest BCUT2D eigenvalue weighted by Gasteiger charge is 2.16. The average molecular weight is 277 g/mol. The molecular formula is C15H17F2N3. The van der Waals surface area contributed by atoms with Crippen molar-refractivity contribution < 1.29 is 8.78 Å². The fraction of sp³-hybridized carbons (Fsp3) is 0.267. The zero-order valence-corrected chi connectivity index (χ0v) is 11.5. The van der Waals surface area contributed by atoms with Crippen LogP contribution in [-0.2, 0) is 6.42 Å². The Morgan fingerprint density at radius 2 is 1.95 bits per heavy atom. The zero-order chi connectivity index (χ0) is 14.7. The van der Waals surface area contributed by atoms with Gasteiger partial charge in [0, 0.05) is 17.5 Å². The monoisotopic (exact) mass is 277 g/mol. The second-order valence-electron chi connectivity index (χ2n) is 4.79. The molecule has 3 nitrogen and oxygen atoms in total. The number of halogens is 2. The second kappa shape index (κ2) is 6.07. The molecule has 0 saturated heterocycles. The lowest BCUT2D eigenvalue weighted by atomic mass is 9.98. The van der Waals surface area contributed by atoms with E-state index in [4.69, 9.17) is 5.84 Å². The molecule has 0 bridgehead atoms. The van der Waals surface area contributed by atoms with E-state index in [9.17, 15) is 8.78 Å². The van der Waals surface area contributed by atoms with Crippen molar-refractivity contribution >= 4 is 0 Å². The number of nitrogens with zero attached hydrogens (tertiary/aromatic N) is 1. The number of nitrogens with one attached hydrogen (secondary N) is 1. The van der Waals surface area contributed by atoms with Gasteiger partial charge < -0.3 is 0 Å². The van der Waals surface area contributed by atoms with Gasteiger partial charge in [-0.25, -0.2) is 8.78 Å². The molecule has 106 valence electrons. The van der Waals surface area contributed by atoms with Crippen molar-refractivity contribution in [1.82, 2.24) is 10.4 Å². The van der Waals surface area contributed by atoms with Gasteiger partial charge in [-0.1, -0.05) is 12.1 Å². The van der Waals surface area contributed by atoms with Crippen LogP contribution in [0.5, 0.6) is 0 Å². The average Bonchev–Trinajstić information content (AvgIpc) is 2.39. The second-order valence-corrected chi connectivity index (χ2v) is 4.79. The molecule has 20 heavy (non-hydrogen) atoms. The summed E-state index contributed by atoms with van der Waals surface area (Å²) in [6.07, 6.45) is 0.328. The Morgan fingerprint density at radius 3 is 2.55 bits per heavy atom. The van der Waals surface area contributed by atoms with Gasteiger partial charge in [-0.2, -0.15) is 0 Å².